The van der Waals surface area contributed by atoms with Crippen molar-refractivity contribution in [3.63, 3.8) is 0 Å². The molecule has 3 unspecified atom stereocenters. The molecule has 1 fully saturated rings. The summed E-state index contributed by atoms with van der Waals surface area (Å²) in [6, 6.07) is 7.20. The van der Waals surface area contributed by atoms with E-state index in [2.05, 4.69) is 48.6 Å². The van der Waals surface area contributed by atoms with Crippen molar-refractivity contribution in [2.45, 2.75) is 43.5 Å². The Morgan fingerprint density at radius 3 is 2.90 bits per heavy atom. The number of thiazole rings is 1. The zero-order valence-corrected chi connectivity index (χ0v) is 14.0. The van der Waals surface area contributed by atoms with Gasteiger partial charge in [0.05, 0.1) is 10.2 Å². The Balaban J connectivity index is 1.77. The Hall–Kier alpha value is -0.740. The number of hydrogen-bond acceptors (Lipinski definition) is 4. The SMILES string of the molecule is CSc1nc2ccc(NC3CCC(C)CC3C)cc2s1. The van der Waals surface area contributed by atoms with Crippen LogP contribution in [0, 0.1) is 11.8 Å². The van der Waals surface area contributed by atoms with E-state index in [9.17, 15) is 0 Å². The number of aromatic nitrogens is 1. The molecule has 3 rings (SSSR count). The van der Waals surface area contributed by atoms with Crippen molar-refractivity contribution in [3.8, 4) is 0 Å². The first-order valence-electron chi connectivity index (χ1n) is 7.37. The molecule has 1 heterocycles. The highest BCUT2D eigenvalue weighted by Gasteiger charge is 2.25. The molecule has 3 atom stereocenters. The lowest BCUT2D eigenvalue weighted by Crippen LogP contribution is -2.32. The average molecular weight is 306 g/mol. The molecule has 2 aromatic rings. The Morgan fingerprint density at radius 1 is 1.30 bits per heavy atom. The molecular weight excluding hydrogens is 284 g/mol. The Kier molecular flexibility index (Phi) is 4.22. The summed E-state index contributed by atoms with van der Waals surface area (Å²) in [6.07, 6.45) is 6.07. The molecule has 1 saturated carbocycles. The highest BCUT2D eigenvalue weighted by molar-refractivity contribution is 8.00. The fraction of sp³-hybridized carbons (Fsp3) is 0.562. The van der Waals surface area contributed by atoms with Gasteiger partial charge in [-0.2, -0.15) is 0 Å². The minimum atomic E-state index is 0.622. The second-order valence-electron chi connectivity index (χ2n) is 6.01. The molecule has 2 nitrogen and oxygen atoms in total. The summed E-state index contributed by atoms with van der Waals surface area (Å²) in [7, 11) is 0. The maximum atomic E-state index is 4.60. The molecule has 0 bridgehead atoms. The van der Waals surface area contributed by atoms with Crippen LogP contribution in [0.1, 0.15) is 33.1 Å². The highest BCUT2D eigenvalue weighted by atomic mass is 32.2. The van der Waals surface area contributed by atoms with Gasteiger partial charge in [0.1, 0.15) is 0 Å². The van der Waals surface area contributed by atoms with Crippen LogP contribution in [0.15, 0.2) is 22.5 Å². The van der Waals surface area contributed by atoms with Gasteiger partial charge in [-0.3, -0.25) is 0 Å². The largest absolute Gasteiger partial charge is 0.382 e. The predicted octanol–water partition coefficient (Wildman–Crippen LogP) is 5.25. The molecule has 1 N–H and O–H groups in total. The van der Waals surface area contributed by atoms with Gasteiger partial charge in [-0.25, -0.2) is 4.98 Å². The lowest BCUT2D eigenvalue weighted by Gasteiger charge is -2.33. The van der Waals surface area contributed by atoms with Crippen LogP contribution < -0.4 is 5.32 Å². The number of thioether (sulfide) groups is 1. The maximum Gasteiger partial charge on any atom is 0.150 e. The molecule has 0 saturated heterocycles. The molecule has 4 heteroatoms. The van der Waals surface area contributed by atoms with Gasteiger partial charge < -0.3 is 5.32 Å². The van der Waals surface area contributed by atoms with Crippen LogP contribution in [0.3, 0.4) is 0 Å². The Labute approximate surface area is 129 Å². The topological polar surface area (TPSA) is 24.9 Å². The van der Waals surface area contributed by atoms with Gasteiger partial charge in [-0.15, -0.1) is 11.3 Å². The van der Waals surface area contributed by atoms with Crippen LogP contribution in [-0.2, 0) is 0 Å². The molecule has 1 aromatic heterocycles. The van der Waals surface area contributed by atoms with Gasteiger partial charge in [0, 0.05) is 11.7 Å². The van der Waals surface area contributed by atoms with Crippen molar-refractivity contribution in [1.29, 1.82) is 0 Å². The number of anilines is 1. The fourth-order valence-corrected chi connectivity index (χ4v) is 4.70. The molecule has 20 heavy (non-hydrogen) atoms. The third-order valence-electron chi connectivity index (χ3n) is 4.33. The lowest BCUT2D eigenvalue weighted by molar-refractivity contribution is 0.276. The summed E-state index contributed by atoms with van der Waals surface area (Å²) in [4.78, 5) is 4.60. The fourth-order valence-electron chi connectivity index (χ4n) is 3.17. The molecule has 0 spiro atoms. The van der Waals surface area contributed by atoms with Crippen LogP contribution in [0.2, 0.25) is 0 Å². The molecule has 0 amide bonds. The van der Waals surface area contributed by atoms with Crippen molar-refractivity contribution >= 4 is 39.0 Å². The minimum Gasteiger partial charge on any atom is -0.382 e. The predicted molar refractivity (Wildman–Crippen MR) is 91.0 cm³/mol. The van der Waals surface area contributed by atoms with Crippen molar-refractivity contribution in [2.75, 3.05) is 11.6 Å². The van der Waals surface area contributed by atoms with Crippen LogP contribution >= 0.6 is 23.1 Å². The normalized spacial score (nSPS) is 26.9. The van der Waals surface area contributed by atoms with Crippen LogP contribution in [-0.4, -0.2) is 17.3 Å². The van der Waals surface area contributed by atoms with Crippen molar-refractivity contribution < 1.29 is 0 Å². The lowest BCUT2D eigenvalue weighted by atomic mass is 9.80. The third kappa shape index (κ3) is 2.96. The van der Waals surface area contributed by atoms with Gasteiger partial charge in [-0.05, 0) is 55.6 Å². The number of hydrogen-bond donors (Lipinski definition) is 1. The molecule has 1 aliphatic rings. The van der Waals surface area contributed by atoms with Crippen molar-refractivity contribution in [1.82, 2.24) is 4.98 Å². The monoisotopic (exact) mass is 306 g/mol. The Morgan fingerprint density at radius 2 is 2.15 bits per heavy atom. The molecule has 1 aromatic carbocycles. The zero-order chi connectivity index (χ0) is 14.1. The summed E-state index contributed by atoms with van der Waals surface area (Å²) in [5, 5.41) is 3.74. The zero-order valence-electron chi connectivity index (χ0n) is 12.3. The van der Waals surface area contributed by atoms with Crippen molar-refractivity contribution in [3.05, 3.63) is 18.2 Å². The summed E-state index contributed by atoms with van der Waals surface area (Å²) in [5.41, 5.74) is 2.37. The Bertz CT molecular complexity index is 593. The molecular formula is C16H22N2S2. The number of fused-ring (bicyclic) bond motifs is 1. The summed E-state index contributed by atoms with van der Waals surface area (Å²) < 4.78 is 2.44. The van der Waals surface area contributed by atoms with E-state index >= 15 is 0 Å². The molecule has 1 aliphatic carbocycles. The first kappa shape index (κ1) is 14.2. The molecule has 108 valence electrons. The summed E-state index contributed by atoms with van der Waals surface area (Å²) >= 11 is 3.51. The van der Waals surface area contributed by atoms with Gasteiger partial charge in [-0.1, -0.05) is 25.6 Å². The first-order valence-corrected chi connectivity index (χ1v) is 9.41. The van der Waals surface area contributed by atoms with Crippen LogP contribution in [0.5, 0.6) is 0 Å². The third-order valence-corrected chi connectivity index (χ3v) is 6.33. The van der Waals surface area contributed by atoms with Gasteiger partial charge in [0.25, 0.3) is 0 Å². The van der Waals surface area contributed by atoms with E-state index in [1.54, 1.807) is 23.1 Å². The number of nitrogens with one attached hydrogen (secondary N) is 1. The van der Waals surface area contributed by atoms with Gasteiger partial charge in [0.15, 0.2) is 4.34 Å². The average Bonchev–Trinajstić information content (AvgIpc) is 2.84. The van der Waals surface area contributed by atoms with E-state index < -0.39 is 0 Å². The van der Waals surface area contributed by atoms with E-state index in [0.29, 0.717) is 6.04 Å². The van der Waals surface area contributed by atoms with E-state index in [4.69, 9.17) is 0 Å². The standard InChI is InChI=1S/C16H22N2S2/c1-10-4-6-13(11(2)8-10)17-12-5-7-14-15(9-12)20-16(18-14)19-3/h5,7,9-11,13,17H,4,6,8H2,1-3H3. The number of benzene rings is 1. The number of nitrogens with zero attached hydrogens (tertiary/aromatic N) is 1. The minimum absolute atomic E-state index is 0.622. The van der Waals surface area contributed by atoms with E-state index in [1.807, 2.05) is 0 Å². The number of rotatable bonds is 3. The molecule has 0 aliphatic heterocycles. The second-order valence-corrected chi connectivity index (χ2v) is 8.10. The van der Waals surface area contributed by atoms with E-state index in [-0.39, 0.29) is 0 Å². The van der Waals surface area contributed by atoms with Crippen LogP contribution in [0.25, 0.3) is 10.2 Å². The van der Waals surface area contributed by atoms with E-state index in [1.165, 1.54) is 29.6 Å². The quantitative estimate of drug-likeness (QED) is 0.783. The van der Waals surface area contributed by atoms with E-state index in [0.717, 1.165) is 21.7 Å². The van der Waals surface area contributed by atoms with Crippen molar-refractivity contribution in [2.24, 2.45) is 11.8 Å². The summed E-state index contributed by atoms with van der Waals surface area (Å²) in [6.45, 7) is 4.75. The van der Waals surface area contributed by atoms with Gasteiger partial charge in [0.2, 0.25) is 0 Å². The molecule has 0 radical (unpaired) electrons. The maximum absolute atomic E-state index is 4.60. The van der Waals surface area contributed by atoms with Gasteiger partial charge >= 0.3 is 0 Å². The van der Waals surface area contributed by atoms with Crippen LogP contribution in [0.4, 0.5) is 5.69 Å². The second kappa shape index (κ2) is 5.94. The summed E-state index contributed by atoms with van der Waals surface area (Å²) in [5.74, 6) is 1.65. The first-order chi connectivity index (χ1) is 9.65. The smallest absolute Gasteiger partial charge is 0.150 e. The highest BCUT2D eigenvalue weighted by Crippen LogP contribution is 2.33.